The highest BCUT2D eigenvalue weighted by molar-refractivity contribution is 5.77. The van der Waals surface area contributed by atoms with Gasteiger partial charge in [0, 0.05) is 30.2 Å². The van der Waals surface area contributed by atoms with Crippen LogP contribution in [0.2, 0.25) is 0 Å². The Balaban J connectivity index is 1.31. The standard InChI is InChI=1S/C29H25F6NO5/c1-28(39,27(31)32)6-7-40-17-4-2-14(3-5-17)18-9-16(22(30)11-21(18)29(33,34)35)13-41-23-10-15-8-19-24(20(15)12-36-23)25(19)26(37)38/h2-5,9-12,19,24-25,27,39H,6-8,13H2,1H3,(H,37,38). The number of aliphatic hydroxyl groups is 1. The number of alkyl halides is 5. The summed E-state index contributed by atoms with van der Waals surface area (Å²) in [6.07, 6.45) is -6.11. The lowest BCUT2D eigenvalue weighted by Gasteiger charge is -2.22. The molecular weight excluding hydrogens is 556 g/mol. The van der Waals surface area contributed by atoms with Gasteiger partial charge in [0.1, 0.15) is 23.8 Å². The Morgan fingerprint density at radius 3 is 2.46 bits per heavy atom. The van der Waals surface area contributed by atoms with Crippen molar-refractivity contribution in [2.24, 2.45) is 11.8 Å². The van der Waals surface area contributed by atoms with Gasteiger partial charge in [-0.3, -0.25) is 4.79 Å². The van der Waals surface area contributed by atoms with Crippen LogP contribution in [0.3, 0.4) is 0 Å². The van der Waals surface area contributed by atoms with Gasteiger partial charge in [-0.15, -0.1) is 0 Å². The van der Waals surface area contributed by atoms with E-state index >= 15 is 0 Å². The topological polar surface area (TPSA) is 88.9 Å². The van der Waals surface area contributed by atoms with E-state index in [1.54, 1.807) is 6.07 Å². The number of pyridine rings is 1. The van der Waals surface area contributed by atoms with Crippen molar-refractivity contribution in [2.45, 2.75) is 50.5 Å². The number of carboxylic acids is 1. The second-order valence-corrected chi connectivity index (χ2v) is 10.5. The quantitative estimate of drug-likeness (QED) is 0.276. The largest absolute Gasteiger partial charge is 0.493 e. The third kappa shape index (κ3) is 5.83. The SMILES string of the molecule is CC(O)(CCOc1ccc(-c2cc(COc3cc4c(cn3)C3C(C4)C3C(=O)O)c(F)cc2C(F)(F)F)cc1)C(F)F. The molecule has 0 radical (unpaired) electrons. The Labute approximate surface area is 230 Å². The number of carbonyl (C=O) groups is 1. The van der Waals surface area contributed by atoms with Gasteiger partial charge in [0.05, 0.1) is 18.1 Å². The van der Waals surface area contributed by atoms with Gasteiger partial charge >= 0.3 is 12.1 Å². The fourth-order valence-corrected chi connectivity index (χ4v) is 5.25. The van der Waals surface area contributed by atoms with E-state index in [9.17, 15) is 41.4 Å². The van der Waals surface area contributed by atoms with Crippen molar-refractivity contribution in [1.82, 2.24) is 4.98 Å². The molecule has 0 spiro atoms. The Hall–Kier alpha value is -3.80. The van der Waals surface area contributed by atoms with E-state index in [1.165, 1.54) is 30.5 Å². The van der Waals surface area contributed by atoms with Crippen molar-refractivity contribution < 1.29 is 50.8 Å². The van der Waals surface area contributed by atoms with E-state index in [1.807, 2.05) is 0 Å². The van der Waals surface area contributed by atoms with Gasteiger partial charge in [0.15, 0.2) is 0 Å². The zero-order chi connectivity index (χ0) is 29.7. The minimum Gasteiger partial charge on any atom is -0.493 e. The highest BCUT2D eigenvalue weighted by Crippen LogP contribution is 2.61. The molecule has 5 rings (SSSR count). The van der Waals surface area contributed by atoms with Crippen LogP contribution in [0.15, 0.2) is 48.7 Å². The summed E-state index contributed by atoms with van der Waals surface area (Å²) >= 11 is 0. The molecule has 218 valence electrons. The van der Waals surface area contributed by atoms with Gasteiger partial charge in [-0.2, -0.15) is 13.2 Å². The van der Waals surface area contributed by atoms with Crippen LogP contribution in [0.1, 0.15) is 41.5 Å². The first-order valence-corrected chi connectivity index (χ1v) is 12.7. The predicted molar refractivity (Wildman–Crippen MR) is 133 cm³/mol. The molecule has 2 aliphatic rings. The number of halogens is 6. The van der Waals surface area contributed by atoms with Gasteiger partial charge in [0.2, 0.25) is 5.88 Å². The van der Waals surface area contributed by atoms with Crippen LogP contribution >= 0.6 is 0 Å². The third-order valence-corrected chi connectivity index (χ3v) is 7.65. The number of hydrogen-bond donors (Lipinski definition) is 2. The summed E-state index contributed by atoms with van der Waals surface area (Å²) in [4.78, 5) is 15.5. The molecular formula is C29H25F6NO5. The molecule has 0 amide bonds. The molecule has 0 saturated heterocycles. The molecule has 41 heavy (non-hydrogen) atoms. The predicted octanol–water partition coefficient (Wildman–Crippen LogP) is 6.24. The van der Waals surface area contributed by atoms with E-state index in [4.69, 9.17) is 9.47 Å². The van der Waals surface area contributed by atoms with Crippen molar-refractivity contribution in [3.8, 4) is 22.8 Å². The molecule has 0 bridgehead atoms. The molecule has 0 aliphatic heterocycles. The maximum Gasteiger partial charge on any atom is 0.417 e. The van der Waals surface area contributed by atoms with E-state index in [0.29, 0.717) is 12.5 Å². The summed E-state index contributed by atoms with van der Waals surface area (Å²) in [5.41, 5.74) is -2.05. The van der Waals surface area contributed by atoms with E-state index < -0.39 is 48.1 Å². The van der Waals surface area contributed by atoms with E-state index in [-0.39, 0.29) is 53.2 Å². The molecule has 3 aromatic rings. The smallest absolute Gasteiger partial charge is 0.417 e. The lowest BCUT2D eigenvalue weighted by Crippen LogP contribution is -2.35. The summed E-state index contributed by atoms with van der Waals surface area (Å²) < 4.78 is 92.7. The van der Waals surface area contributed by atoms with Gasteiger partial charge in [0.25, 0.3) is 6.43 Å². The highest BCUT2D eigenvalue weighted by Gasteiger charge is 2.60. The van der Waals surface area contributed by atoms with Crippen LogP contribution in [0.5, 0.6) is 11.6 Å². The van der Waals surface area contributed by atoms with Crippen LogP contribution < -0.4 is 9.47 Å². The molecule has 2 aliphatic carbocycles. The second kappa shape index (κ2) is 10.6. The minimum absolute atomic E-state index is 0.0128. The van der Waals surface area contributed by atoms with Crippen LogP contribution in [-0.4, -0.2) is 39.8 Å². The number of fused-ring (bicyclic) bond motifs is 3. The summed E-state index contributed by atoms with van der Waals surface area (Å²) in [7, 11) is 0. The first-order chi connectivity index (χ1) is 19.3. The van der Waals surface area contributed by atoms with Crippen molar-refractivity contribution in [2.75, 3.05) is 6.61 Å². The van der Waals surface area contributed by atoms with E-state index in [0.717, 1.165) is 24.1 Å². The van der Waals surface area contributed by atoms with Crippen molar-refractivity contribution in [3.05, 3.63) is 76.7 Å². The lowest BCUT2D eigenvalue weighted by atomic mass is 9.96. The summed E-state index contributed by atoms with van der Waals surface area (Å²) in [6.45, 7) is 0.316. The number of ether oxygens (including phenoxy) is 2. The fraction of sp³-hybridized carbons (Fsp3) is 0.379. The van der Waals surface area contributed by atoms with Crippen molar-refractivity contribution in [3.63, 3.8) is 0 Å². The summed E-state index contributed by atoms with van der Waals surface area (Å²) in [5.74, 6) is -2.11. The van der Waals surface area contributed by atoms with Gasteiger partial charge in [-0.05, 0) is 65.8 Å². The lowest BCUT2D eigenvalue weighted by molar-refractivity contribution is -0.139. The number of nitrogens with zero attached hydrogens (tertiary/aromatic N) is 1. The Kier molecular flexibility index (Phi) is 7.39. The maximum absolute atomic E-state index is 14.8. The zero-order valence-electron chi connectivity index (χ0n) is 21.6. The number of carboxylic acid groups (broad SMARTS) is 1. The molecule has 1 heterocycles. The summed E-state index contributed by atoms with van der Waals surface area (Å²) in [6, 6.07) is 8.44. The Bertz CT molecular complexity index is 1460. The molecule has 4 unspecified atom stereocenters. The first-order valence-electron chi connectivity index (χ1n) is 12.7. The van der Waals surface area contributed by atoms with Crippen molar-refractivity contribution >= 4 is 5.97 Å². The number of benzene rings is 2. The first kappa shape index (κ1) is 28.7. The average Bonchev–Trinajstić information content (AvgIpc) is 3.50. The molecule has 12 heteroatoms. The van der Waals surface area contributed by atoms with Gasteiger partial charge in [-0.1, -0.05) is 12.1 Å². The molecule has 1 aromatic heterocycles. The molecule has 2 aromatic carbocycles. The average molecular weight is 582 g/mol. The Morgan fingerprint density at radius 1 is 1.12 bits per heavy atom. The van der Waals surface area contributed by atoms with Gasteiger partial charge in [-0.25, -0.2) is 18.2 Å². The highest BCUT2D eigenvalue weighted by atomic mass is 19.4. The number of rotatable bonds is 10. The monoisotopic (exact) mass is 581 g/mol. The normalized spacial score (nSPS) is 20.8. The summed E-state index contributed by atoms with van der Waals surface area (Å²) in [5, 5.41) is 18.9. The maximum atomic E-state index is 14.8. The van der Waals surface area contributed by atoms with Crippen LogP contribution in [0, 0.1) is 17.7 Å². The minimum atomic E-state index is -4.86. The molecule has 1 fully saturated rings. The Morgan fingerprint density at radius 2 is 1.83 bits per heavy atom. The fourth-order valence-electron chi connectivity index (χ4n) is 5.25. The number of hydrogen-bond acceptors (Lipinski definition) is 5. The number of aliphatic carboxylic acids is 1. The zero-order valence-corrected chi connectivity index (χ0v) is 21.6. The molecule has 4 atom stereocenters. The van der Waals surface area contributed by atoms with Crippen molar-refractivity contribution in [1.29, 1.82) is 0 Å². The van der Waals surface area contributed by atoms with Crippen LogP contribution in [0.4, 0.5) is 26.3 Å². The van der Waals surface area contributed by atoms with Crippen LogP contribution in [-0.2, 0) is 24.0 Å². The van der Waals surface area contributed by atoms with E-state index in [2.05, 4.69) is 4.98 Å². The second-order valence-electron chi connectivity index (χ2n) is 10.5. The van der Waals surface area contributed by atoms with Crippen LogP contribution in [0.25, 0.3) is 11.1 Å². The molecule has 1 saturated carbocycles. The number of aromatic nitrogens is 1. The third-order valence-electron chi connectivity index (χ3n) is 7.65. The molecule has 6 nitrogen and oxygen atoms in total. The van der Waals surface area contributed by atoms with Gasteiger partial charge < -0.3 is 19.7 Å². The molecule has 2 N–H and O–H groups in total.